The molecule has 1 aromatic carbocycles. The van der Waals surface area contributed by atoms with Gasteiger partial charge in [-0.25, -0.2) is 4.98 Å². The topological polar surface area (TPSA) is 73.1 Å². The molecule has 0 saturated carbocycles. The van der Waals surface area contributed by atoms with Gasteiger partial charge in [-0.1, -0.05) is 24.3 Å². The normalized spacial score (nSPS) is 13.9. The lowest BCUT2D eigenvalue weighted by atomic mass is 10.1. The number of amides is 1. The molecular formula is C20H21N5O2. The molecule has 0 saturated heterocycles. The zero-order valence-electron chi connectivity index (χ0n) is 15.2. The zero-order valence-corrected chi connectivity index (χ0v) is 15.2. The lowest BCUT2D eigenvalue weighted by Crippen LogP contribution is -2.33. The third-order valence-electron chi connectivity index (χ3n) is 4.85. The van der Waals surface area contributed by atoms with Crippen molar-refractivity contribution >= 4 is 5.91 Å². The predicted octanol–water partition coefficient (Wildman–Crippen LogP) is 2.18. The molecule has 0 bridgehead atoms. The van der Waals surface area contributed by atoms with Gasteiger partial charge in [-0.05, 0) is 11.6 Å². The van der Waals surface area contributed by atoms with Crippen molar-refractivity contribution in [2.24, 2.45) is 0 Å². The summed E-state index contributed by atoms with van der Waals surface area (Å²) in [4.78, 5) is 19.2. The number of rotatable bonds is 4. The maximum atomic E-state index is 12.7. The van der Waals surface area contributed by atoms with E-state index in [1.54, 1.807) is 19.4 Å². The van der Waals surface area contributed by atoms with Gasteiger partial charge in [0.25, 0.3) is 5.91 Å². The largest absolute Gasteiger partial charge is 0.380 e. The number of fused-ring (bicyclic) bond motifs is 1. The molecule has 0 fully saturated rings. The molecule has 27 heavy (non-hydrogen) atoms. The number of hydrogen-bond donors (Lipinski definition) is 0. The highest BCUT2D eigenvalue weighted by Gasteiger charge is 2.23. The first-order chi connectivity index (χ1) is 13.3. The standard InChI is InChI=1S/C20H21N5O2/c1-27-14-16-4-2-3-5-17(16)18-13-21-19-7-9-24(10-11-25(18)19)20(26)15-6-8-22-23-12-15/h2-6,8,12-13H,7,9-11,14H2,1H3. The molecule has 0 spiro atoms. The number of ether oxygens (including phenoxy) is 1. The van der Waals surface area contributed by atoms with Gasteiger partial charge in [0, 0.05) is 38.7 Å². The Morgan fingerprint density at radius 3 is 2.81 bits per heavy atom. The third kappa shape index (κ3) is 3.46. The van der Waals surface area contributed by atoms with Crippen molar-refractivity contribution in [3.8, 4) is 11.3 Å². The summed E-state index contributed by atoms with van der Waals surface area (Å²) in [7, 11) is 1.70. The van der Waals surface area contributed by atoms with E-state index >= 15 is 0 Å². The fourth-order valence-electron chi connectivity index (χ4n) is 3.50. The summed E-state index contributed by atoms with van der Waals surface area (Å²) >= 11 is 0. The predicted molar refractivity (Wildman–Crippen MR) is 100 cm³/mol. The molecule has 3 aromatic rings. The van der Waals surface area contributed by atoms with Gasteiger partial charge in [0.05, 0.1) is 36.5 Å². The fraction of sp³-hybridized carbons (Fsp3) is 0.300. The van der Waals surface area contributed by atoms with E-state index in [9.17, 15) is 4.79 Å². The van der Waals surface area contributed by atoms with E-state index in [-0.39, 0.29) is 5.91 Å². The lowest BCUT2D eigenvalue weighted by Gasteiger charge is -2.20. The van der Waals surface area contributed by atoms with E-state index in [2.05, 4.69) is 31.9 Å². The van der Waals surface area contributed by atoms with Crippen molar-refractivity contribution in [2.75, 3.05) is 20.2 Å². The highest BCUT2D eigenvalue weighted by atomic mass is 16.5. The average molecular weight is 363 g/mol. The molecule has 4 rings (SSSR count). The smallest absolute Gasteiger partial charge is 0.255 e. The summed E-state index contributed by atoms with van der Waals surface area (Å²) in [5, 5.41) is 7.55. The van der Waals surface area contributed by atoms with Crippen LogP contribution in [0.25, 0.3) is 11.3 Å². The van der Waals surface area contributed by atoms with Crippen molar-refractivity contribution in [1.82, 2.24) is 24.6 Å². The first-order valence-electron chi connectivity index (χ1n) is 8.95. The van der Waals surface area contributed by atoms with Gasteiger partial charge in [-0.15, -0.1) is 0 Å². The fourth-order valence-corrected chi connectivity index (χ4v) is 3.50. The Bertz CT molecular complexity index is 939. The molecule has 1 aliphatic rings. The average Bonchev–Trinajstić information content (AvgIpc) is 3.00. The second kappa shape index (κ2) is 7.67. The van der Waals surface area contributed by atoms with E-state index in [0.717, 1.165) is 29.1 Å². The summed E-state index contributed by atoms with van der Waals surface area (Å²) in [6, 6.07) is 9.90. The Kier molecular flexibility index (Phi) is 4.93. The van der Waals surface area contributed by atoms with Crippen LogP contribution in [-0.4, -0.2) is 50.8 Å². The van der Waals surface area contributed by atoms with Crippen LogP contribution in [0, 0.1) is 0 Å². The molecule has 0 N–H and O–H groups in total. The van der Waals surface area contributed by atoms with Crippen molar-refractivity contribution in [3.05, 3.63) is 65.9 Å². The van der Waals surface area contributed by atoms with Gasteiger partial charge in [-0.3, -0.25) is 4.79 Å². The molecule has 0 radical (unpaired) electrons. The number of hydrogen-bond acceptors (Lipinski definition) is 5. The second-order valence-electron chi connectivity index (χ2n) is 6.47. The number of methoxy groups -OCH3 is 1. The van der Waals surface area contributed by atoms with Gasteiger partial charge >= 0.3 is 0 Å². The Morgan fingerprint density at radius 1 is 1.11 bits per heavy atom. The van der Waals surface area contributed by atoms with Gasteiger partial charge in [0.2, 0.25) is 0 Å². The number of carbonyl (C=O) groups excluding carboxylic acids is 1. The summed E-state index contributed by atoms with van der Waals surface area (Å²) in [5.41, 5.74) is 3.88. The van der Waals surface area contributed by atoms with Gasteiger partial charge < -0.3 is 14.2 Å². The van der Waals surface area contributed by atoms with Crippen LogP contribution in [0.4, 0.5) is 0 Å². The van der Waals surface area contributed by atoms with Crippen molar-refractivity contribution in [3.63, 3.8) is 0 Å². The third-order valence-corrected chi connectivity index (χ3v) is 4.85. The summed E-state index contributed by atoms with van der Waals surface area (Å²) in [6.07, 6.45) is 5.70. The maximum absolute atomic E-state index is 12.7. The molecule has 0 atom stereocenters. The van der Waals surface area contributed by atoms with E-state index in [1.165, 1.54) is 6.20 Å². The number of benzene rings is 1. The molecule has 7 heteroatoms. The monoisotopic (exact) mass is 363 g/mol. The van der Waals surface area contributed by atoms with Crippen LogP contribution in [0.3, 0.4) is 0 Å². The van der Waals surface area contributed by atoms with Crippen LogP contribution in [-0.2, 0) is 24.3 Å². The van der Waals surface area contributed by atoms with Crippen molar-refractivity contribution in [1.29, 1.82) is 0 Å². The molecular weight excluding hydrogens is 342 g/mol. The zero-order chi connectivity index (χ0) is 18.6. The molecule has 7 nitrogen and oxygen atoms in total. The molecule has 138 valence electrons. The first-order valence-corrected chi connectivity index (χ1v) is 8.95. The summed E-state index contributed by atoms with van der Waals surface area (Å²) in [5.74, 6) is 0.984. The Morgan fingerprint density at radius 2 is 2.00 bits per heavy atom. The highest BCUT2D eigenvalue weighted by molar-refractivity contribution is 5.93. The van der Waals surface area contributed by atoms with Crippen LogP contribution in [0.15, 0.2) is 48.9 Å². The van der Waals surface area contributed by atoms with E-state index in [1.807, 2.05) is 23.2 Å². The van der Waals surface area contributed by atoms with E-state index < -0.39 is 0 Å². The van der Waals surface area contributed by atoms with Crippen LogP contribution in [0.1, 0.15) is 21.7 Å². The van der Waals surface area contributed by atoms with Gasteiger partial charge in [0.15, 0.2) is 0 Å². The van der Waals surface area contributed by atoms with Gasteiger partial charge in [0.1, 0.15) is 5.82 Å². The maximum Gasteiger partial charge on any atom is 0.255 e. The minimum Gasteiger partial charge on any atom is -0.380 e. The van der Waals surface area contributed by atoms with Crippen molar-refractivity contribution in [2.45, 2.75) is 19.6 Å². The van der Waals surface area contributed by atoms with Gasteiger partial charge in [-0.2, -0.15) is 10.2 Å². The minimum atomic E-state index is -0.0167. The second-order valence-corrected chi connectivity index (χ2v) is 6.47. The van der Waals surface area contributed by atoms with Crippen LogP contribution < -0.4 is 0 Å². The van der Waals surface area contributed by atoms with E-state index in [4.69, 9.17) is 4.74 Å². The number of aromatic nitrogens is 4. The molecule has 0 aliphatic carbocycles. The molecule has 1 amide bonds. The highest BCUT2D eigenvalue weighted by Crippen LogP contribution is 2.27. The number of imidazole rings is 1. The SMILES string of the molecule is COCc1ccccc1-c1cnc2n1CCN(C(=O)c1ccnnc1)CC2. The summed E-state index contributed by atoms with van der Waals surface area (Å²) in [6.45, 7) is 2.52. The minimum absolute atomic E-state index is 0.0167. The Hall–Kier alpha value is -3.06. The molecule has 0 unspecified atom stereocenters. The Balaban J connectivity index is 1.59. The first kappa shape index (κ1) is 17.4. The number of carbonyl (C=O) groups is 1. The number of nitrogens with zero attached hydrogens (tertiary/aromatic N) is 5. The molecule has 3 heterocycles. The van der Waals surface area contributed by atoms with Crippen LogP contribution in [0.2, 0.25) is 0 Å². The molecule has 1 aliphatic heterocycles. The summed E-state index contributed by atoms with van der Waals surface area (Å²) < 4.78 is 7.55. The Labute approximate surface area is 157 Å². The molecule has 2 aromatic heterocycles. The van der Waals surface area contributed by atoms with E-state index in [0.29, 0.717) is 31.8 Å². The lowest BCUT2D eigenvalue weighted by molar-refractivity contribution is 0.0758. The van der Waals surface area contributed by atoms with Crippen LogP contribution in [0.5, 0.6) is 0 Å². The van der Waals surface area contributed by atoms with Crippen molar-refractivity contribution < 1.29 is 9.53 Å². The van der Waals surface area contributed by atoms with Crippen LogP contribution >= 0.6 is 0 Å². The quantitative estimate of drug-likeness (QED) is 0.710.